The molecule has 1 atom stereocenters. The van der Waals surface area contributed by atoms with E-state index in [1.807, 2.05) is 0 Å². The summed E-state index contributed by atoms with van der Waals surface area (Å²) in [7, 11) is -3.40. The highest BCUT2D eigenvalue weighted by Crippen LogP contribution is 2.37. The third-order valence-corrected chi connectivity index (χ3v) is 3.99. The quantitative estimate of drug-likeness (QED) is 0.817. The molecule has 0 spiro atoms. The van der Waals surface area contributed by atoms with Gasteiger partial charge in [-0.1, -0.05) is 0 Å². The molecule has 1 aliphatic rings. The number of aromatic hydroxyl groups is 1. The van der Waals surface area contributed by atoms with E-state index in [0.717, 1.165) is 5.41 Å². The molecule has 2 N–H and O–H groups in total. The second kappa shape index (κ2) is 3.61. The average Bonchev–Trinajstić information content (AvgIpc) is 2.37. The molecular formula is C11H12O4S. The van der Waals surface area contributed by atoms with Gasteiger partial charge in [-0.25, -0.2) is 8.42 Å². The van der Waals surface area contributed by atoms with Crippen LogP contribution in [0.15, 0.2) is 28.5 Å². The smallest absolute Gasteiger partial charge is 0.200 e. The van der Waals surface area contributed by atoms with Gasteiger partial charge in [0.15, 0.2) is 0 Å². The van der Waals surface area contributed by atoms with Crippen molar-refractivity contribution < 1.29 is 18.6 Å². The molecule has 1 heterocycles. The monoisotopic (exact) mass is 240 g/mol. The molecule has 16 heavy (non-hydrogen) atoms. The minimum atomic E-state index is -3.40. The lowest BCUT2D eigenvalue weighted by Gasteiger charge is -2.06. The number of hydrogen-bond donors (Lipinski definition) is 2. The highest BCUT2D eigenvalue weighted by molar-refractivity contribution is 7.95. The Hall–Kier alpha value is -1.33. The molecule has 0 fully saturated rings. The highest BCUT2D eigenvalue weighted by atomic mass is 32.2. The minimum absolute atomic E-state index is 0.0207. The lowest BCUT2D eigenvalue weighted by atomic mass is 10.0. The van der Waals surface area contributed by atoms with Crippen molar-refractivity contribution in [3.63, 3.8) is 0 Å². The van der Waals surface area contributed by atoms with Crippen molar-refractivity contribution in [2.75, 3.05) is 0 Å². The standard InChI is InChI=1S/C11H12O4S/c1-7(12)4-8-6-16(14,15)11-3-2-9(13)5-10(8)11/h2-3,5-7,12-13H,4H2,1H3. The van der Waals surface area contributed by atoms with E-state index in [2.05, 4.69) is 0 Å². The normalized spacial score (nSPS) is 19.0. The Balaban J connectivity index is 2.57. The zero-order chi connectivity index (χ0) is 11.9. The van der Waals surface area contributed by atoms with Crippen molar-refractivity contribution in [3.05, 3.63) is 29.2 Å². The van der Waals surface area contributed by atoms with E-state index in [0.29, 0.717) is 11.1 Å². The van der Waals surface area contributed by atoms with E-state index in [9.17, 15) is 18.6 Å². The number of sulfone groups is 1. The van der Waals surface area contributed by atoms with Crippen LogP contribution in [0.25, 0.3) is 5.57 Å². The van der Waals surface area contributed by atoms with E-state index >= 15 is 0 Å². The summed E-state index contributed by atoms with van der Waals surface area (Å²) in [5.74, 6) is 0.0207. The summed E-state index contributed by atoms with van der Waals surface area (Å²) in [5, 5.41) is 19.8. The lowest BCUT2D eigenvalue weighted by Crippen LogP contribution is -1.99. The Morgan fingerprint density at radius 3 is 2.69 bits per heavy atom. The molecule has 1 aromatic rings. The molecule has 0 amide bonds. The molecule has 1 aromatic carbocycles. The largest absolute Gasteiger partial charge is 0.508 e. The number of phenolic OH excluding ortho intramolecular Hbond substituents is 1. The van der Waals surface area contributed by atoms with Crippen molar-refractivity contribution >= 4 is 15.4 Å². The highest BCUT2D eigenvalue weighted by Gasteiger charge is 2.27. The van der Waals surface area contributed by atoms with Crippen molar-refractivity contribution in [1.29, 1.82) is 0 Å². The molecule has 86 valence electrons. The van der Waals surface area contributed by atoms with Crippen LogP contribution in [0.5, 0.6) is 5.75 Å². The van der Waals surface area contributed by atoms with Gasteiger partial charge in [0.2, 0.25) is 9.84 Å². The van der Waals surface area contributed by atoms with Gasteiger partial charge in [-0.2, -0.15) is 0 Å². The second-order valence-electron chi connectivity index (χ2n) is 3.92. The molecule has 0 saturated carbocycles. The Bertz CT molecular complexity index is 555. The summed E-state index contributed by atoms with van der Waals surface area (Å²) in [6.07, 6.45) is -0.356. The fourth-order valence-corrected chi connectivity index (χ4v) is 3.29. The van der Waals surface area contributed by atoms with Gasteiger partial charge in [-0.15, -0.1) is 0 Å². The molecule has 0 aliphatic carbocycles. The number of phenols is 1. The van der Waals surface area contributed by atoms with Crippen LogP contribution in [0.3, 0.4) is 0 Å². The van der Waals surface area contributed by atoms with E-state index in [1.54, 1.807) is 6.92 Å². The maximum atomic E-state index is 11.7. The number of aliphatic hydroxyl groups is 1. The summed E-state index contributed by atoms with van der Waals surface area (Å²) in [4.78, 5) is 0.195. The second-order valence-corrected chi connectivity index (χ2v) is 5.69. The number of hydrogen-bond acceptors (Lipinski definition) is 4. The first-order valence-corrected chi connectivity index (χ1v) is 6.42. The van der Waals surface area contributed by atoms with Gasteiger partial charge >= 0.3 is 0 Å². The van der Waals surface area contributed by atoms with E-state index < -0.39 is 15.9 Å². The summed E-state index contributed by atoms with van der Waals surface area (Å²) in [6, 6.07) is 4.13. The van der Waals surface area contributed by atoms with Crippen LogP contribution in [0.1, 0.15) is 18.9 Å². The van der Waals surface area contributed by atoms with Crippen molar-refractivity contribution in [1.82, 2.24) is 0 Å². The number of aliphatic hydroxyl groups excluding tert-OH is 1. The molecule has 0 saturated heterocycles. The molecule has 0 aromatic heterocycles. The zero-order valence-electron chi connectivity index (χ0n) is 8.71. The van der Waals surface area contributed by atoms with Crippen LogP contribution in [-0.2, 0) is 9.84 Å². The van der Waals surface area contributed by atoms with E-state index in [-0.39, 0.29) is 17.1 Å². The van der Waals surface area contributed by atoms with E-state index in [4.69, 9.17) is 0 Å². The molecule has 4 nitrogen and oxygen atoms in total. The minimum Gasteiger partial charge on any atom is -0.508 e. The average molecular weight is 240 g/mol. The van der Waals surface area contributed by atoms with Crippen molar-refractivity contribution in [2.24, 2.45) is 0 Å². The van der Waals surface area contributed by atoms with Crippen molar-refractivity contribution in [2.45, 2.75) is 24.3 Å². The van der Waals surface area contributed by atoms with Crippen LogP contribution in [0.4, 0.5) is 0 Å². The van der Waals surface area contributed by atoms with Crippen LogP contribution in [0.2, 0.25) is 0 Å². The number of rotatable bonds is 2. The summed E-state index contributed by atoms with van der Waals surface area (Å²) >= 11 is 0. The first kappa shape index (κ1) is 11.2. The first-order valence-electron chi connectivity index (χ1n) is 4.87. The third-order valence-electron chi connectivity index (χ3n) is 2.43. The zero-order valence-corrected chi connectivity index (χ0v) is 9.53. The SMILES string of the molecule is CC(O)CC1=CS(=O)(=O)c2ccc(O)cc21. The van der Waals surface area contributed by atoms with Gasteiger partial charge in [0.1, 0.15) is 5.75 Å². The summed E-state index contributed by atoms with van der Waals surface area (Å²) < 4.78 is 23.4. The van der Waals surface area contributed by atoms with Crippen LogP contribution in [-0.4, -0.2) is 24.7 Å². The maximum absolute atomic E-state index is 11.7. The van der Waals surface area contributed by atoms with E-state index in [1.165, 1.54) is 18.2 Å². The fourth-order valence-electron chi connectivity index (χ4n) is 1.81. The van der Waals surface area contributed by atoms with Gasteiger partial charge in [0, 0.05) is 11.0 Å². The Kier molecular flexibility index (Phi) is 2.52. The van der Waals surface area contributed by atoms with Crippen LogP contribution >= 0.6 is 0 Å². The Morgan fingerprint density at radius 2 is 2.06 bits per heavy atom. The number of benzene rings is 1. The predicted octanol–water partition coefficient (Wildman–Crippen LogP) is 1.29. The van der Waals surface area contributed by atoms with Gasteiger partial charge in [-0.05, 0) is 37.1 Å². The van der Waals surface area contributed by atoms with Gasteiger partial charge in [0.25, 0.3) is 0 Å². The van der Waals surface area contributed by atoms with Gasteiger partial charge in [0.05, 0.1) is 11.0 Å². The lowest BCUT2D eigenvalue weighted by molar-refractivity contribution is 0.201. The molecule has 1 aliphatic heterocycles. The van der Waals surface area contributed by atoms with Crippen LogP contribution in [0, 0.1) is 0 Å². The molecular weight excluding hydrogens is 228 g/mol. The molecule has 1 unspecified atom stereocenters. The Morgan fingerprint density at radius 1 is 1.38 bits per heavy atom. The summed E-state index contributed by atoms with van der Waals surface area (Å²) in [6.45, 7) is 1.59. The summed E-state index contributed by atoms with van der Waals surface area (Å²) in [5.41, 5.74) is 1.03. The third kappa shape index (κ3) is 1.83. The predicted molar refractivity (Wildman–Crippen MR) is 59.6 cm³/mol. The molecule has 2 rings (SSSR count). The Labute approximate surface area is 93.8 Å². The molecule has 0 radical (unpaired) electrons. The fraction of sp³-hybridized carbons (Fsp3) is 0.273. The first-order chi connectivity index (χ1) is 7.40. The number of fused-ring (bicyclic) bond motifs is 1. The topological polar surface area (TPSA) is 74.6 Å². The van der Waals surface area contributed by atoms with Crippen molar-refractivity contribution in [3.8, 4) is 5.75 Å². The maximum Gasteiger partial charge on any atom is 0.200 e. The van der Waals surface area contributed by atoms with Gasteiger partial charge in [-0.3, -0.25) is 0 Å². The van der Waals surface area contributed by atoms with Gasteiger partial charge < -0.3 is 10.2 Å². The van der Waals surface area contributed by atoms with Crippen LogP contribution < -0.4 is 0 Å². The molecule has 0 bridgehead atoms. The molecule has 5 heteroatoms.